The van der Waals surface area contributed by atoms with Crippen LogP contribution >= 0.6 is 23.2 Å². The number of halogens is 2. The minimum absolute atomic E-state index is 0.781. The third kappa shape index (κ3) is 7.29. The Bertz CT molecular complexity index is 1270. The molecule has 0 aromatic heterocycles. The molecule has 0 aliphatic rings. The van der Waals surface area contributed by atoms with Crippen LogP contribution in [0.1, 0.15) is 38.9 Å². The van der Waals surface area contributed by atoms with E-state index in [4.69, 9.17) is 23.2 Å². The summed E-state index contributed by atoms with van der Waals surface area (Å²) in [5, 5.41) is 8.78. The Morgan fingerprint density at radius 2 is 1.00 bits per heavy atom. The molecule has 0 radical (unpaired) electrons. The van der Waals surface area contributed by atoms with Gasteiger partial charge in [0.25, 0.3) is 0 Å². The highest BCUT2D eigenvalue weighted by Gasteiger charge is 2.08. The van der Waals surface area contributed by atoms with Crippen LogP contribution in [0.3, 0.4) is 0 Å². The molecule has 0 saturated heterocycles. The second kappa shape index (κ2) is 12.3. The van der Waals surface area contributed by atoms with Crippen LogP contribution in [-0.4, -0.2) is 13.1 Å². The average molecular weight is 518 g/mol. The first-order valence-corrected chi connectivity index (χ1v) is 13.3. The number of rotatable bonds is 10. The SMILES string of the molecule is Cc1cc(Cc2cc(C)c(NCCc3ccc(Cl)cc3)c(C)c2)ccc1NCCc1ccc(Cl)cc1. The molecule has 0 unspecified atom stereocenters. The summed E-state index contributed by atoms with van der Waals surface area (Å²) < 4.78 is 0. The molecule has 0 heterocycles. The minimum atomic E-state index is 0.781. The molecular weight excluding hydrogens is 483 g/mol. The van der Waals surface area contributed by atoms with E-state index >= 15 is 0 Å². The Morgan fingerprint density at radius 1 is 0.528 bits per heavy atom. The topological polar surface area (TPSA) is 24.1 Å². The number of benzene rings is 4. The molecule has 4 rings (SSSR count). The lowest BCUT2D eigenvalue weighted by molar-refractivity contribution is 1.01. The van der Waals surface area contributed by atoms with Gasteiger partial charge in [0.15, 0.2) is 0 Å². The van der Waals surface area contributed by atoms with Crippen molar-refractivity contribution in [3.05, 3.63) is 128 Å². The van der Waals surface area contributed by atoms with Crippen molar-refractivity contribution in [1.82, 2.24) is 0 Å². The molecule has 4 heteroatoms. The predicted molar refractivity (Wildman–Crippen MR) is 157 cm³/mol. The van der Waals surface area contributed by atoms with Crippen molar-refractivity contribution >= 4 is 34.6 Å². The van der Waals surface area contributed by atoms with Crippen LogP contribution in [0.2, 0.25) is 10.0 Å². The number of anilines is 2. The molecule has 0 atom stereocenters. The van der Waals surface area contributed by atoms with Crippen LogP contribution in [0.5, 0.6) is 0 Å². The highest BCUT2D eigenvalue weighted by atomic mass is 35.5. The quantitative estimate of drug-likeness (QED) is 0.220. The highest BCUT2D eigenvalue weighted by molar-refractivity contribution is 6.30. The minimum Gasteiger partial charge on any atom is -0.384 e. The van der Waals surface area contributed by atoms with Crippen molar-refractivity contribution in [3.8, 4) is 0 Å². The van der Waals surface area contributed by atoms with Gasteiger partial charge in [0.2, 0.25) is 0 Å². The maximum Gasteiger partial charge on any atom is 0.0406 e. The van der Waals surface area contributed by atoms with E-state index in [9.17, 15) is 0 Å². The largest absolute Gasteiger partial charge is 0.384 e. The molecule has 0 saturated carbocycles. The molecule has 4 aromatic rings. The van der Waals surface area contributed by atoms with Gasteiger partial charge in [-0.15, -0.1) is 0 Å². The Kier molecular flexibility index (Phi) is 8.96. The van der Waals surface area contributed by atoms with Crippen molar-refractivity contribution < 1.29 is 0 Å². The van der Waals surface area contributed by atoms with E-state index in [1.54, 1.807) is 0 Å². The zero-order valence-electron chi connectivity index (χ0n) is 21.3. The van der Waals surface area contributed by atoms with E-state index in [0.29, 0.717) is 0 Å². The molecule has 186 valence electrons. The fourth-order valence-electron chi connectivity index (χ4n) is 4.68. The Hall–Kier alpha value is -2.94. The summed E-state index contributed by atoms with van der Waals surface area (Å²) in [6, 6.07) is 27.5. The second-order valence-electron chi connectivity index (χ2n) is 9.54. The molecular formula is C32H34Cl2N2. The first kappa shape index (κ1) is 26.1. The summed E-state index contributed by atoms with van der Waals surface area (Å²) in [6.45, 7) is 8.36. The van der Waals surface area contributed by atoms with Gasteiger partial charge in [-0.1, -0.05) is 71.7 Å². The van der Waals surface area contributed by atoms with Crippen LogP contribution in [0.15, 0.2) is 78.9 Å². The maximum atomic E-state index is 6.00. The van der Waals surface area contributed by atoms with E-state index in [1.807, 2.05) is 24.3 Å². The Labute approximate surface area is 225 Å². The standard InChI is InChI=1S/C32H34Cl2N2/c1-22-18-27(8-13-31(22)35-16-14-25-4-9-29(33)10-5-25)21-28-19-23(2)32(24(3)20-28)36-17-15-26-6-11-30(34)12-7-26/h4-13,18-20,35-36H,14-17,21H2,1-3H3. The van der Waals surface area contributed by atoms with Gasteiger partial charge < -0.3 is 10.6 Å². The molecule has 4 aromatic carbocycles. The first-order chi connectivity index (χ1) is 17.4. The smallest absolute Gasteiger partial charge is 0.0406 e. The van der Waals surface area contributed by atoms with Crippen LogP contribution < -0.4 is 10.6 Å². The first-order valence-electron chi connectivity index (χ1n) is 12.5. The van der Waals surface area contributed by atoms with Crippen LogP contribution in [0, 0.1) is 20.8 Å². The predicted octanol–water partition coefficient (Wildman–Crippen LogP) is 8.82. The zero-order chi connectivity index (χ0) is 25.5. The third-order valence-corrected chi connectivity index (χ3v) is 7.07. The molecule has 0 aliphatic carbocycles. The van der Waals surface area contributed by atoms with Gasteiger partial charge in [-0.25, -0.2) is 0 Å². The van der Waals surface area contributed by atoms with Crippen LogP contribution in [0.25, 0.3) is 0 Å². The van der Waals surface area contributed by atoms with Gasteiger partial charge in [0.1, 0.15) is 0 Å². The summed E-state index contributed by atoms with van der Waals surface area (Å²) in [4.78, 5) is 0. The number of nitrogens with one attached hydrogen (secondary N) is 2. The van der Waals surface area contributed by atoms with Gasteiger partial charge in [-0.3, -0.25) is 0 Å². The van der Waals surface area contributed by atoms with Gasteiger partial charge in [0.05, 0.1) is 0 Å². The lowest BCUT2D eigenvalue weighted by atomic mass is 9.97. The second-order valence-corrected chi connectivity index (χ2v) is 10.4. The van der Waals surface area contributed by atoms with Gasteiger partial charge in [-0.2, -0.15) is 0 Å². The van der Waals surface area contributed by atoms with Crippen molar-refractivity contribution in [2.45, 2.75) is 40.0 Å². The molecule has 0 spiro atoms. The molecule has 0 amide bonds. The fraction of sp³-hybridized carbons (Fsp3) is 0.250. The van der Waals surface area contributed by atoms with E-state index in [-0.39, 0.29) is 0 Å². The number of hydrogen-bond donors (Lipinski definition) is 2. The Morgan fingerprint density at radius 3 is 1.53 bits per heavy atom. The summed E-state index contributed by atoms with van der Waals surface area (Å²) >= 11 is 12.0. The van der Waals surface area contributed by atoms with Crippen molar-refractivity contribution in [2.75, 3.05) is 23.7 Å². The number of hydrogen-bond acceptors (Lipinski definition) is 2. The molecule has 0 bridgehead atoms. The summed E-state index contributed by atoms with van der Waals surface area (Å²) in [5.41, 5.74) is 11.5. The normalized spacial score (nSPS) is 10.9. The molecule has 2 N–H and O–H groups in total. The summed E-state index contributed by atoms with van der Waals surface area (Å²) in [7, 11) is 0. The van der Waals surface area contributed by atoms with E-state index < -0.39 is 0 Å². The molecule has 0 fully saturated rings. The van der Waals surface area contributed by atoms with Gasteiger partial charge in [0, 0.05) is 34.5 Å². The van der Waals surface area contributed by atoms with Gasteiger partial charge in [-0.05, 0) is 109 Å². The summed E-state index contributed by atoms with van der Waals surface area (Å²) in [5.74, 6) is 0. The van der Waals surface area contributed by atoms with Crippen LogP contribution in [0.4, 0.5) is 11.4 Å². The third-order valence-electron chi connectivity index (χ3n) is 6.56. The fourth-order valence-corrected chi connectivity index (χ4v) is 4.93. The van der Waals surface area contributed by atoms with E-state index in [1.165, 1.54) is 50.3 Å². The number of aryl methyl sites for hydroxylation is 3. The Balaban J connectivity index is 1.32. The van der Waals surface area contributed by atoms with Crippen LogP contribution in [-0.2, 0) is 19.3 Å². The summed E-state index contributed by atoms with van der Waals surface area (Å²) in [6.07, 6.45) is 2.87. The van der Waals surface area contributed by atoms with Crippen molar-refractivity contribution in [3.63, 3.8) is 0 Å². The lowest BCUT2D eigenvalue weighted by Crippen LogP contribution is -2.08. The maximum absolute atomic E-state index is 6.00. The van der Waals surface area contributed by atoms with Crippen molar-refractivity contribution in [1.29, 1.82) is 0 Å². The highest BCUT2D eigenvalue weighted by Crippen LogP contribution is 2.25. The molecule has 36 heavy (non-hydrogen) atoms. The molecule has 2 nitrogen and oxygen atoms in total. The van der Waals surface area contributed by atoms with Gasteiger partial charge >= 0.3 is 0 Å². The lowest BCUT2D eigenvalue weighted by Gasteiger charge is -2.16. The average Bonchev–Trinajstić information content (AvgIpc) is 2.84. The van der Waals surface area contributed by atoms with E-state index in [2.05, 4.69) is 86.0 Å². The van der Waals surface area contributed by atoms with E-state index in [0.717, 1.165) is 42.4 Å². The monoisotopic (exact) mass is 516 g/mol. The zero-order valence-corrected chi connectivity index (χ0v) is 22.8. The molecule has 0 aliphatic heterocycles. The van der Waals surface area contributed by atoms with Crippen molar-refractivity contribution in [2.24, 2.45) is 0 Å².